The van der Waals surface area contributed by atoms with Gasteiger partial charge >= 0.3 is 0 Å². The highest BCUT2D eigenvalue weighted by molar-refractivity contribution is 7.92. The second-order valence-electron chi connectivity index (χ2n) is 6.89. The first kappa shape index (κ1) is 19.4. The summed E-state index contributed by atoms with van der Waals surface area (Å²) >= 11 is 7.51. The highest BCUT2D eigenvalue weighted by Crippen LogP contribution is 2.33. The van der Waals surface area contributed by atoms with Crippen LogP contribution in [0.2, 0.25) is 5.02 Å². The average Bonchev–Trinajstić information content (AvgIpc) is 3.12. The summed E-state index contributed by atoms with van der Waals surface area (Å²) in [6.07, 6.45) is 1.60. The number of benzene rings is 2. The fourth-order valence-corrected chi connectivity index (χ4v) is 5.91. The minimum absolute atomic E-state index is 0.120. The van der Waals surface area contributed by atoms with Crippen LogP contribution in [0.5, 0.6) is 0 Å². The van der Waals surface area contributed by atoms with Crippen LogP contribution in [0.15, 0.2) is 53.4 Å². The van der Waals surface area contributed by atoms with Crippen LogP contribution in [0.25, 0.3) is 10.2 Å². The van der Waals surface area contributed by atoms with Gasteiger partial charge in [-0.25, -0.2) is 13.4 Å². The molecule has 5 nitrogen and oxygen atoms in total. The van der Waals surface area contributed by atoms with Crippen molar-refractivity contribution >= 4 is 48.9 Å². The summed E-state index contributed by atoms with van der Waals surface area (Å²) in [5, 5.41) is 1.56. The van der Waals surface area contributed by atoms with Gasteiger partial charge in [-0.3, -0.25) is 4.79 Å². The molecule has 0 radical (unpaired) electrons. The van der Waals surface area contributed by atoms with Crippen LogP contribution in [-0.4, -0.2) is 43.1 Å². The Hall–Kier alpha value is -1.96. The van der Waals surface area contributed by atoms with E-state index in [1.54, 1.807) is 16.2 Å². The molecule has 1 amide bonds. The molecule has 0 bridgehead atoms. The van der Waals surface area contributed by atoms with Gasteiger partial charge in [0.2, 0.25) is 5.91 Å². The Kier molecular flexibility index (Phi) is 5.40. The summed E-state index contributed by atoms with van der Waals surface area (Å²) in [6, 6.07) is 14.0. The maximum Gasteiger partial charge on any atom is 0.238 e. The highest BCUT2D eigenvalue weighted by atomic mass is 35.5. The number of hydrogen-bond acceptors (Lipinski definition) is 5. The standard InChI is InChI=1S/C20H19ClN2O3S2/c21-15-5-7-16(8-6-15)28(25,26)13-19(24)23-11-9-14(10-12-23)20-22-17-3-1-2-4-18(17)27-20/h1-8,14H,9-13H2. The number of nitrogens with zero attached hydrogens (tertiary/aromatic N) is 2. The summed E-state index contributed by atoms with van der Waals surface area (Å²) in [5.41, 5.74) is 1.01. The Labute approximate surface area is 172 Å². The van der Waals surface area contributed by atoms with Gasteiger partial charge in [0.15, 0.2) is 9.84 Å². The van der Waals surface area contributed by atoms with Crippen molar-refractivity contribution in [2.75, 3.05) is 18.8 Å². The van der Waals surface area contributed by atoms with Crippen molar-refractivity contribution in [3.63, 3.8) is 0 Å². The van der Waals surface area contributed by atoms with Crippen LogP contribution < -0.4 is 0 Å². The number of thiazole rings is 1. The van der Waals surface area contributed by atoms with Crippen LogP contribution in [0.3, 0.4) is 0 Å². The van der Waals surface area contributed by atoms with E-state index in [0.29, 0.717) is 24.0 Å². The molecule has 0 aliphatic carbocycles. The molecule has 0 spiro atoms. The van der Waals surface area contributed by atoms with Crippen molar-refractivity contribution in [2.45, 2.75) is 23.7 Å². The van der Waals surface area contributed by atoms with Crippen molar-refractivity contribution in [3.8, 4) is 0 Å². The third kappa shape index (κ3) is 4.06. The van der Waals surface area contributed by atoms with E-state index in [1.807, 2.05) is 18.2 Å². The Balaban J connectivity index is 1.39. The van der Waals surface area contributed by atoms with Crippen LogP contribution in [-0.2, 0) is 14.6 Å². The number of amides is 1. The lowest BCUT2D eigenvalue weighted by Gasteiger charge is -2.31. The van der Waals surface area contributed by atoms with Crippen molar-refractivity contribution in [2.24, 2.45) is 0 Å². The fourth-order valence-electron chi connectivity index (χ4n) is 3.42. The van der Waals surface area contributed by atoms with Gasteiger partial charge in [0.25, 0.3) is 0 Å². The molecule has 0 N–H and O–H groups in total. The number of carbonyl (C=O) groups excluding carboxylic acids is 1. The van der Waals surface area contributed by atoms with Gasteiger partial charge in [0, 0.05) is 24.0 Å². The van der Waals surface area contributed by atoms with E-state index in [1.165, 1.54) is 29.0 Å². The van der Waals surface area contributed by atoms with E-state index in [-0.39, 0.29) is 10.8 Å². The molecule has 1 aliphatic rings. The van der Waals surface area contributed by atoms with Gasteiger partial charge in [-0.1, -0.05) is 23.7 Å². The molecule has 2 heterocycles. The fraction of sp³-hybridized carbons (Fsp3) is 0.300. The molecular formula is C20H19ClN2O3S2. The second-order valence-corrected chi connectivity index (χ2v) is 10.4. The van der Waals surface area contributed by atoms with E-state index in [2.05, 4.69) is 6.07 Å². The minimum atomic E-state index is -3.67. The summed E-state index contributed by atoms with van der Waals surface area (Å²) in [5.74, 6) is -0.549. The zero-order valence-electron chi connectivity index (χ0n) is 15.0. The first-order valence-corrected chi connectivity index (χ1v) is 11.9. The quantitative estimate of drug-likeness (QED) is 0.619. The van der Waals surface area contributed by atoms with Gasteiger partial charge < -0.3 is 4.90 Å². The van der Waals surface area contributed by atoms with Gasteiger partial charge in [0.05, 0.1) is 20.1 Å². The lowest BCUT2D eigenvalue weighted by Crippen LogP contribution is -2.41. The van der Waals surface area contributed by atoms with Gasteiger partial charge in [-0.2, -0.15) is 0 Å². The summed E-state index contributed by atoms with van der Waals surface area (Å²) in [4.78, 5) is 19.0. The van der Waals surface area contributed by atoms with Crippen molar-refractivity contribution in [1.29, 1.82) is 0 Å². The average molecular weight is 435 g/mol. The molecule has 1 saturated heterocycles. The minimum Gasteiger partial charge on any atom is -0.342 e. The van der Waals surface area contributed by atoms with Gasteiger partial charge in [0.1, 0.15) is 5.75 Å². The first-order chi connectivity index (χ1) is 13.4. The van der Waals surface area contributed by atoms with Crippen molar-refractivity contribution in [3.05, 3.63) is 58.6 Å². The van der Waals surface area contributed by atoms with Crippen LogP contribution in [0.1, 0.15) is 23.8 Å². The monoisotopic (exact) mass is 434 g/mol. The highest BCUT2D eigenvalue weighted by Gasteiger charge is 2.29. The number of para-hydroxylation sites is 1. The molecule has 8 heteroatoms. The predicted octanol–water partition coefficient (Wildman–Crippen LogP) is 4.13. The zero-order chi connectivity index (χ0) is 19.7. The SMILES string of the molecule is O=C(CS(=O)(=O)c1ccc(Cl)cc1)N1CCC(c2nc3ccccc3s2)CC1. The number of hydrogen-bond donors (Lipinski definition) is 0. The van der Waals surface area contributed by atoms with E-state index in [9.17, 15) is 13.2 Å². The maximum absolute atomic E-state index is 12.5. The molecule has 1 aliphatic heterocycles. The number of sulfone groups is 1. The lowest BCUT2D eigenvalue weighted by molar-refractivity contribution is -0.129. The van der Waals surface area contributed by atoms with E-state index in [4.69, 9.17) is 16.6 Å². The normalized spacial score (nSPS) is 15.8. The third-order valence-electron chi connectivity index (χ3n) is 4.99. The molecular weight excluding hydrogens is 416 g/mol. The number of fused-ring (bicyclic) bond motifs is 1. The second kappa shape index (κ2) is 7.81. The molecule has 0 unspecified atom stereocenters. The topological polar surface area (TPSA) is 67.3 Å². The van der Waals surface area contributed by atoms with Crippen molar-refractivity contribution in [1.82, 2.24) is 9.88 Å². The summed E-state index contributed by atoms with van der Waals surface area (Å²) in [7, 11) is -3.67. The molecule has 1 fully saturated rings. The van der Waals surface area contributed by atoms with Crippen LogP contribution in [0, 0.1) is 0 Å². The Morgan fingerprint density at radius 3 is 2.46 bits per heavy atom. The molecule has 3 aromatic rings. The Morgan fingerprint density at radius 1 is 1.11 bits per heavy atom. The van der Waals surface area contributed by atoms with Crippen LogP contribution in [0.4, 0.5) is 0 Å². The van der Waals surface area contributed by atoms with E-state index < -0.39 is 15.6 Å². The van der Waals surface area contributed by atoms with E-state index in [0.717, 1.165) is 23.4 Å². The molecule has 0 atom stereocenters. The number of rotatable bonds is 4. The molecule has 28 heavy (non-hydrogen) atoms. The number of carbonyl (C=O) groups is 1. The number of halogens is 1. The number of aromatic nitrogens is 1. The third-order valence-corrected chi connectivity index (χ3v) is 8.06. The lowest BCUT2D eigenvalue weighted by atomic mass is 9.97. The molecule has 146 valence electrons. The van der Waals surface area contributed by atoms with E-state index >= 15 is 0 Å². The molecule has 1 aromatic heterocycles. The van der Waals surface area contributed by atoms with Gasteiger partial charge in [-0.15, -0.1) is 11.3 Å². The predicted molar refractivity (Wildman–Crippen MR) is 112 cm³/mol. The van der Waals surface area contributed by atoms with Crippen LogP contribution >= 0.6 is 22.9 Å². The number of likely N-dealkylation sites (tertiary alicyclic amines) is 1. The summed E-state index contributed by atoms with van der Waals surface area (Å²) in [6.45, 7) is 1.10. The summed E-state index contributed by atoms with van der Waals surface area (Å²) < 4.78 is 26.1. The smallest absolute Gasteiger partial charge is 0.238 e. The maximum atomic E-state index is 12.5. The van der Waals surface area contributed by atoms with Crippen molar-refractivity contribution < 1.29 is 13.2 Å². The Bertz CT molecular complexity index is 1070. The molecule has 4 rings (SSSR count). The first-order valence-electron chi connectivity index (χ1n) is 9.04. The number of piperidine rings is 1. The molecule has 0 saturated carbocycles. The molecule has 2 aromatic carbocycles. The Morgan fingerprint density at radius 2 is 1.79 bits per heavy atom. The van der Waals surface area contributed by atoms with Gasteiger partial charge in [-0.05, 0) is 49.2 Å². The largest absolute Gasteiger partial charge is 0.342 e. The zero-order valence-corrected chi connectivity index (χ0v) is 17.4.